The number of nitrogens with zero attached hydrogens (tertiary/aromatic N) is 5. The van der Waals surface area contributed by atoms with Gasteiger partial charge in [-0.1, -0.05) is 11.8 Å². The molecule has 0 saturated carbocycles. The first-order chi connectivity index (χ1) is 9.72. The third kappa shape index (κ3) is 2.73. The average molecular weight is 306 g/mol. The maximum absolute atomic E-state index is 9.29. The van der Waals surface area contributed by atoms with Crippen LogP contribution in [0.15, 0.2) is 34.8 Å². The quantitative estimate of drug-likeness (QED) is 0.707. The number of aromatic nitrogens is 5. The summed E-state index contributed by atoms with van der Waals surface area (Å²) >= 11 is 2.88. The standard InChI is InChI=1S/C11H10N6OS2/c12-10-13-7(5-19-10)6-20-11-14-15-16-17(11)8-1-3-9(18)4-2-8/h1-5,18H,6H2,(H2,12,13). The normalized spacial score (nSPS) is 10.8. The fourth-order valence-corrected chi connectivity index (χ4v) is 3.00. The van der Waals surface area contributed by atoms with Crippen molar-refractivity contribution in [3.8, 4) is 11.4 Å². The first-order valence-corrected chi connectivity index (χ1v) is 7.49. The third-order valence-electron chi connectivity index (χ3n) is 2.45. The van der Waals surface area contributed by atoms with Crippen LogP contribution in [0.1, 0.15) is 5.69 Å². The van der Waals surface area contributed by atoms with Gasteiger partial charge in [-0.05, 0) is 34.7 Å². The summed E-state index contributed by atoms with van der Waals surface area (Å²) in [5.41, 5.74) is 7.28. The van der Waals surface area contributed by atoms with Crippen molar-refractivity contribution in [2.45, 2.75) is 10.9 Å². The third-order valence-corrected chi connectivity index (χ3v) is 4.13. The fraction of sp³-hybridized carbons (Fsp3) is 0.0909. The smallest absolute Gasteiger partial charge is 0.214 e. The van der Waals surface area contributed by atoms with E-state index in [4.69, 9.17) is 5.73 Å². The second-order valence-electron chi connectivity index (χ2n) is 3.86. The molecule has 0 amide bonds. The zero-order valence-corrected chi connectivity index (χ0v) is 11.8. The van der Waals surface area contributed by atoms with Crippen LogP contribution in [-0.4, -0.2) is 30.3 Å². The number of thiazole rings is 1. The number of nitrogen functional groups attached to an aromatic ring is 1. The van der Waals surface area contributed by atoms with E-state index in [2.05, 4.69) is 20.5 Å². The highest BCUT2D eigenvalue weighted by Crippen LogP contribution is 2.24. The summed E-state index contributed by atoms with van der Waals surface area (Å²) < 4.78 is 1.61. The number of tetrazole rings is 1. The predicted molar refractivity (Wildman–Crippen MR) is 76.9 cm³/mol. The molecule has 20 heavy (non-hydrogen) atoms. The Morgan fingerprint density at radius 2 is 2.10 bits per heavy atom. The maximum atomic E-state index is 9.29. The van der Waals surface area contributed by atoms with E-state index in [1.807, 2.05) is 5.38 Å². The molecule has 0 saturated heterocycles. The minimum absolute atomic E-state index is 0.203. The summed E-state index contributed by atoms with van der Waals surface area (Å²) in [5, 5.41) is 24.0. The Bertz CT molecular complexity index is 708. The zero-order chi connectivity index (χ0) is 13.9. The van der Waals surface area contributed by atoms with E-state index in [9.17, 15) is 5.11 Å². The molecule has 3 N–H and O–H groups in total. The topological polar surface area (TPSA) is 103 Å². The van der Waals surface area contributed by atoms with Gasteiger partial charge >= 0.3 is 0 Å². The highest BCUT2D eigenvalue weighted by Gasteiger charge is 2.10. The molecule has 0 spiro atoms. The molecule has 1 aromatic carbocycles. The molecule has 2 aromatic heterocycles. The van der Waals surface area contributed by atoms with Crippen molar-refractivity contribution in [2.24, 2.45) is 0 Å². The molecule has 3 rings (SSSR count). The Morgan fingerprint density at radius 1 is 1.30 bits per heavy atom. The van der Waals surface area contributed by atoms with Crippen LogP contribution < -0.4 is 5.73 Å². The van der Waals surface area contributed by atoms with Crippen LogP contribution in [0.2, 0.25) is 0 Å². The molecular formula is C11H10N6OS2. The molecule has 0 aliphatic carbocycles. The average Bonchev–Trinajstić information content (AvgIpc) is 3.06. The Kier molecular flexibility index (Phi) is 3.52. The molecule has 2 heterocycles. The Morgan fingerprint density at radius 3 is 2.80 bits per heavy atom. The van der Waals surface area contributed by atoms with Gasteiger partial charge in [-0.15, -0.1) is 16.4 Å². The lowest BCUT2D eigenvalue weighted by atomic mass is 10.3. The lowest BCUT2D eigenvalue weighted by molar-refractivity contribution is 0.475. The fourth-order valence-electron chi connectivity index (χ4n) is 1.55. The molecule has 0 unspecified atom stereocenters. The van der Waals surface area contributed by atoms with Gasteiger partial charge in [-0.25, -0.2) is 4.98 Å². The highest BCUT2D eigenvalue weighted by atomic mass is 32.2. The molecule has 0 bridgehead atoms. The number of nitrogens with two attached hydrogens (primary N) is 1. The Hall–Kier alpha value is -2.13. The van der Waals surface area contributed by atoms with E-state index in [0.717, 1.165) is 11.4 Å². The molecule has 9 heteroatoms. The summed E-state index contributed by atoms with van der Waals surface area (Å²) in [6.45, 7) is 0. The molecule has 7 nitrogen and oxygen atoms in total. The molecule has 3 aromatic rings. The van der Waals surface area contributed by atoms with Gasteiger partial charge < -0.3 is 10.8 Å². The Balaban J connectivity index is 1.78. The van der Waals surface area contributed by atoms with Gasteiger partial charge in [-0.2, -0.15) is 4.68 Å². The van der Waals surface area contributed by atoms with Crippen molar-refractivity contribution >= 4 is 28.2 Å². The lowest BCUT2D eigenvalue weighted by Crippen LogP contribution is -1.98. The number of phenolic OH excluding ortho intramolecular Hbond substituents is 1. The summed E-state index contributed by atoms with van der Waals surface area (Å²) in [6.07, 6.45) is 0. The van der Waals surface area contributed by atoms with Crippen LogP contribution in [0.4, 0.5) is 5.13 Å². The van der Waals surface area contributed by atoms with E-state index >= 15 is 0 Å². The summed E-state index contributed by atoms with van der Waals surface area (Å²) in [6, 6.07) is 6.67. The van der Waals surface area contributed by atoms with E-state index in [1.165, 1.54) is 23.1 Å². The molecule has 0 radical (unpaired) electrons. The van der Waals surface area contributed by atoms with Gasteiger partial charge in [-0.3, -0.25) is 0 Å². The Labute approximate surface area is 122 Å². The van der Waals surface area contributed by atoms with Crippen LogP contribution in [0, 0.1) is 0 Å². The van der Waals surface area contributed by atoms with Crippen molar-refractivity contribution < 1.29 is 5.11 Å². The molecular weight excluding hydrogens is 296 g/mol. The molecule has 0 fully saturated rings. The first-order valence-electron chi connectivity index (χ1n) is 5.63. The van der Waals surface area contributed by atoms with E-state index in [-0.39, 0.29) is 5.75 Å². The van der Waals surface area contributed by atoms with Gasteiger partial charge in [0.1, 0.15) is 5.75 Å². The van der Waals surface area contributed by atoms with Crippen molar-refractivity contribution in [1.82, 2.24) is 25.2 Å². The maximum Gasteiger partial charge on any atom is 0.214 e. The van der Waals surface area contributed by atoms with E-state index in [1.54, 1.807) is 28.9 Å². The second kappa shape index (κ2) is 5.47. The first kappa shape index (κ1) is 12.9. The van der Waals surface area contributed by atoms with Crippen molar-refractivity contribution in [2.75, 3.05) is 5.73 Å². The zero-order valence-electron chi connectivity index (χ0n) is 10.2. The van der Waals surface area contributed by atoms with Gasteiger partial charge in [0.05, 0.1) is 11.4 Å². The predicted octanol–water partition coefficient (Wildman–Crippen LogP) is 1.70. The van der Waals surface area contributed by atoms with Gasteiger partial charge in [0.2, 0.25) is 5.16 Å². The number of phenols is 1. The van der Waals surface area contributed by atoms with Crippen molar-refractivity contribution in [1.29, 1.82) is 0 Å². The van der Waals surface area contributed by atoms with Crippen LogP contribution in [-0.2, 0) is 5.75 Å². The molecule has 0 atom stereocenters. The summed E-state index contributed by atoms with van der Waals surface area (Å²) in [5.74, 6) is 0.848. The minimum atomic E-state index is 0.203. The molecule has 0 aliphatic heterocycles. The van der Waals surface area contributed by atoms with E-state index in [0.29, 0.717) is 16.0 Å². The van der Waals surface area contributed by atoms with E-state index < -0.39 is 0 Å². The van der Waals surface area contributed by atoms with Gasteiger partial charge in [0, 0.05) is 11.1 Å². The molecule has 0 aliphatic rings. The van der Waals surface area contributed by atoms with Crippen LogP contribution in [0.25, 0.3) is 5.69 Å². The number of rotatable bonds is 4. The summed E-state index contributed by atoms with van der Waals surface area (Å²) in [4.78, 5) is 4.19. The lowest BCUT2D eigenvalue weighted by Gasteiger charge is -2.03. The molecule has 102 valence electrons. The van der Waals surface area contributed by atoms with Crippen molar-refractivity contribution in [3.05, 3.63) is 35.3 Å². The van der Waals surface area contributed by atoms with Crippen LogP contribution in [0.3, 0.4) is 0 Å². The second-order valence-corrected chi connectivity index (χ2v) is 5.69. The largest absolute Gasteiger partial charge is 0.508 e. The number of thioether (sulfide) groups is 1. The number of hydrogen-bond donors (Lipinski definition) is 2. The number of anilines is 1. The monoisotopic (exact) mass is 306 g/mol. The minimum Gasteiger partial charge on any atom is -0.508 e. The van der Waals surface area contributed by atoms with Gasteiger partial charge in [0.25, 0.3) is 0 Å². The van der Waals surface area contributed by atoms with Gasteiger partial charge in [0.15, 0.2) is 5.13 Å². The number of hydrogen-bond acceptors (Lipinski definition) is 8. The van der Waals surface area contributed by atoms with Crippen LogP contribution in [0.5, 0.6) is 5.75 Å². The highest BCUT2D eigenvalue weighted by molar-refractivity contribution is 7.98. The van der Waals surface area contributed by atoms with Crippen molar-refractivity contribution in [3.63, 3.8) is 0 Å². The van der Waals surface area contributed by atoms with Crippen LogP contribution >= 0.6 is 23.1 Å². The SMILES string of the molecule is Nc1nc(CSc2nnnn2-c2ccc(O)cc2)cs1. The summed E-state index contributed by atoms with van der Waals surface area (Å²) in [7, 11) is 0. The number of aromatic hydroxyl groups is 1. The number of benzene rings is 1.